The van der Waals surface area contributed by atoms with Crippen LogP contribution in [0.25, 0.3) is 0 Å². The molecule has 1 saturated carbocycles. The molecule has 2 amide bonds. The third-order valence-corrected chi connectivity index (χ3v) is 4.46. The summed E-state index contributed by atoms with van der Waals surface area (Å²) < 4.78 is 5.96. The van der Waals surface area contributed by atoms with Gasteiger partial charge in [-0.25, -0.2) is 0 Å². The number of ether oxygens (including phenoxy) is 1. The van der Waals surface area contributed by atoms with Gasteiger partial charge in [0.1, 0.15) is 0 Å². The summed E-state index contributed by atoms with van der Waals surface area (Å²) in [6.45, 7) is 2.33. The first-order chi connectivity index (χ1) is 9.51. The predicted octanol–water partition coefficient (Wildman–Crippen LogP) is 1.31. The van der Waals surface area contributed by atoms with Crippen molar-refractivity contribution in [1.82, 2.24) is 5.32 Å². The Hall–Kier alpha value is -1.10. The van der Waals surface area contributed by atoms with Crippen LogP contribution in [0.1, 0.15) is 51.9 Å². The van der Waals surface area contributed by atoms with E-state index in [1.165, 1.54) is 25.7 Å². The first kappa shape index (κ1) is 15.3. The summed E-state index contributed by atoms with van der Waals surface area (Å²) in [6, 6.07) is 0.0979. The minimum absolute atomic E-state index is 0.0106. The van der Waals surface area contributed by atoms with Gasteiger partial charge in [0.25, 0.3) is 0 Å². The maximum Gasteiger partial charge on any atom is 0.224 e. The quantitative estimate of drug-likeness (QED) is 0.797. The molecule has 2 rings (SSSR count). The topological polar surface area (TPSA) is 81.4 Å². The van der Waals surface area contributed by atoms with Crippen LogP contribution >= 0.6 is 0 Å². The van der Waals surface area contributed by atoms with Gasteiger partial charge in [0.15, 0.2) is 0 Å². The molecule has 1 radical (unpaired) electrons. The SMILES string of the molecule is CC(C[CH]C(=O)N[C@@H]1COC2(CCCCC2)C1)C(N)=O. The fraction of sp³-hybridized carbons (Fsp3) is 0.800. The summed E-state index contributed by atoms with van der Waals surface area (Å²) in [7, 11) is 0. The standard InChI is InChI=1S/C15H25N2O3/c1-11(14(16)19)5-6-13(18)17-12-9-15(20-10-12)7-3-2-4-8-15/h6,11-12H,2-5,7-10H2,1H3,(H2,16,19)(H,17,18)/t11?,12-/m0/s1. The Balaban J connectivity index is 1.71. The lowest BCUT2D eigenvalue weighted by molar-refractivity contribution is -0.121. The summed E-state index contributed by atoms with van der Waals surface area (Å²) in [4.78, 5) is 22.7. The molecule has 2 aliphatic rings. The number of amides is 2. The normalized spacial score (nSPS) is 26.4. The highest BCUT2D eigenvalue weighted by atomic mass is 16.5. The van der Waals surface area contributed by atoms with Gasteiger partial charge in [-0.1, -0.05) is 26.2 Å². The molecule has 1 aliphatic carbocycles. The Morgan fingerprint density at radius 2 is 2.10 bits per heavy atom. The molecule has 2 atom stereocenters. The molecular weight excluding hydrogens is 256 g/mol. The molecule has 2 fully saturated rings. The molecule has 1 unspecified atom stereocenters. The maximum atomic E-state index is 11.8. The van der Waals surface area contributed by atoms with Crippen LogP contribution in [-0.4, -0.2) is 30.1 Å². The van der Waals surface area contributed by atoms with Crippen LogP contribution in [0.2, 0.25) is 0 Å². The molecular formula is C15H25N2O3. The van der Waals surface area contributed by atoms with E-state index in [9.17, 15) is 9.59 Å². The number of nitrogens with one attached hydrogen (secondary N) is 1. The van der Waals surface area contributed by atoms with Gasteiger partial charge in [-0.2, -0.15) is 0 Å². The zero-order chi connectivity index (χ0) is 14.6. The Morgan fingerprint density at radius 3 is 2.75 bits per heavy atom. The van der Waals surface area contributed by atoms with Crippen molar-refractivity contribution in [2.75, 3.05) is 6.61 Å². The van der Waals surface area contributed by atoms with Crippen molar-refractivity contribution in [2.45, 2.75) is 63.5 Å². The molecule has 1 aliphatic heterocycles. The Bertz CT molecular complexity index is 364. The molecule has 0 aromatic carbocycles. The largest absolute Gasteiger partial charge is 0.373 e. The number of carbonyl (C=O) groups is 2. The second-order valence-electron chi connectivity index (χ2n) is 6.21. The van der Waals surface area contributed by atoms with Gasteiger partial charge < -0.3 is 15.8 Å². The smallest absolute Gasteiger partial charge is 0.224 e. The van der Waals surface area contributed by atoms with E-state index in [-0.39, 0.29) is 29.4 Å². The van der Waals surface area contributed by atoms with E-state index in [1.54, 1.807) is 6.92 Å². The van der Waals surface area contributed by atoms with Gasteiger partial charge >= 0.3 is 0 Å². The van der Waals surface area contributed by atoms with Crippen LogP contribution in [0.5, 0.6) is 0 Å². The van der Waals surface area contributed by atoms with Crippen molar-refractivity contribution < 1.29 is 14.3 Å². The third kappa shape index (κ3) is 3.95. The van der Waals surface area contributed by atoms with Crippen molar-refractivity contribution >= 4 is 11.8 Å². The lowest BCUT2D eigenvalue weighted by Crippen LogP contribution is -2.38. The van der Waals surface area contributed by atoms with Crippen LogP contribution < -0.4 is 11.1 Å². The van der Waals surface area contributed by atoms with Crippen LogP contribution in [0, 0.1) is 12.3 Å². The first-order valence-electron chi connectivity index (χ1n) is 7.58. The summed E-state index contributed by atoms with van der Waals surface area (Å²) >= 11 is 0. The number of hydrogen-bond acceptors (Lipinski definition) is 3. The molecule has 3 N–H and O–H groups in total. The first-order valence-corrected chi connectivity index (χ1v) is 7.58. The molecule has 113 valence electrons. The van der Waals surface area contributed by atoms with Crippen molar-refractivity contribution in [2.24, 2.45) is 11.7 Å². The van der Waals surface area contributed by atoms with E-state index in [1.807, 2.05) is 0 Å². The van der Waals surface area contributed by atoms with E-state index in [0.29, 0.717) is 13.0 Å². The lowest BCUT2D eigenvalue weighted by Gasteiger charge is -2.32. The molecule has 5 heteroatoms. The minimum atomic E-state index is -0.376. The highest BCUT2D eigenvalue weighted by Crippen LogP contribution is 2.39. The minimum Gasteiger partial charge on any atom is -0.373 e. The molecule has 20 heavy (non-hydrogen) atoms. The number of nitrogens with two attached hydrogens (primary N) is 1. The molecule has 5 nitrogen and oxygen atoms in total. The second-order valence-corrected chi connectivity index (χ2v) is 6.21. The van der Waals surface area contributed by atoms with Crippen LogP contribution in [0.15, 0.2) is 0 Å². The molecule has 1 spiro atoms. The zero-order valence-corrected chi connectivity index (χ0v) is 12.2. The second kappa shape index (κ2) is 6.57. The Labute approximate surface area is 120 Å². The molecule has 0 aromatic rings. The zero-order valence-electron chi connectivity index (χ0n) is 12.2. The van der Waals surface area contributed by atoms with Crippen LogP contribution in [-0.2, 0) is 14.3 Å². The fourth-order valence-corrected chi connectivity index (χ4v) is 3.14. The van der Waals surface area contributed by atoms with E-state index in [4.69, 9.17) is 10.5 Å². The van der Waals surface area contributed by atoms with Gasteiger partial charge in [0.2, 0.25) is 11.8 Å². The van der Waals surface area contributed by atoms with Crippen molar-refractivity contribution in [3.05, 3.63) is 6.42 Å². The summed E-state index contributed by atoms with van der Waals surface area (Å²) in [5.74, 6) is -0.802. The summed E-state index contributed by atoms with van der Waals surface area (Å²) in [5.41, 5.74) is 5.18. The fourth-order valence-electron chi connectivity index (χ4n) is 3.14. The molecule has 0 aromatic heterocycles. The number of carbonyl (C=O) groups excluding carboxylic acids is 2. The van der Waals surface area contributed by atoms with E-state index < -0.39 is 0 Å². The van der Waals surface area contributed by atoms with Gasteiger partial charge in [0, 0.05) is 5.92 Å². The Kier molecular flexibility index (Phi) is 5.02. The van der Waals surface area contributed by atoms with E-state index in [0.717, 1.165) is 19.3 Å². The number of hydrogen-bond donors (Lipinski definition) is 2. The molecule has 1 heterocycles. The van der Waals surface area contributed by atoms with Gasteiger partial charge in [-0.3, -0.25) is 9.59 Å². The van der Waals surface area contributed by atoms with Crippen LogP contribution in [0.3, 0.4) is 0 Å². The van der Waals surface area contributed by atoms with Crippen molar-refractivity contribution in [3.63, 3.8) is 0 Å². The molecule has 1 saturated heterocycles. The maximum absolute atomic E-state index is 11.8. The average molecular weight is 281 g/mol. The van der Waals surface area contributed by atoms with Gasteiger partial charge in [-0.15, -0.1) is 0 Å². The third-order valence-electron chi connectivity index (χ3n) is 4.46. The van der Waals surface area contributed by atoms with Crippen molar-refractivity contribution in [1.29, 1.82) is 0 Å². The Morgan fingerprint density at radius 1 is 1.40 bits per heavy atom. The number of primary amides is 1. The van der Waals surface area contributed by atoms with Gasteiger partial charge in [-0.05, 0) is 25.7 Å². The monoisotopic (exact) mass is 281 g/mol. The summed E-state index contributed by atoms with van der Waals surface area (Å²) in [5, 5.41) is 2.97. The van der Waals surface area contributed by atoms with Crippen LogP contribution in [0.4, 0.5) is 0 Å². The van der Waals surface area contributed by atoms with Gasteiger partial charge in [0.05, 0.1) is 24.7 Å². The average Bonchev–Trinajstić information content (AvgIpc) is 2.79. The molecule has 0 bridgehead atoms. The van der Waals surface area contributed by atoms with E-state index in [2.05, 4.69) is 5.32 Å². The lowest BCUT2D eigenvalue weighted by atomic mass is 9.82. The predicted molar refractivity (Wildman–Crippen MR) is 75.6 cm³/mol. The van der Waals surface area contributed by atoms with E-state index >= 15 is 0 Å². The highest BCUT2D eigenvalue weighted by Gasteiger charge is 2.41. The van der Waals surface area contributed by atoms with Crippen molar-refractivity contribution in [3.8, 4) is 0 Å². The summed E-state index contributed by atoms with van der Waals surface area (Å²) in [6.07, 6.45) is 8.79. The number of rotatable bonds is 5. The highest BCUT2D eigenvalue weighted by molar-refractivity contribution is 5.86.